The molecule has 1 rings (SSSR count). The van der Waals surface area contributed by atoms with Gasteiger partial charge in [0, 0.05) is 24.8 Å². The highest BCUT2D eigenvalue weighted by Gasteiger charge is 1.99. The van der Waals surface area contributed by atoms with Crippen LogP contribution in [0, 0.1) is 6.92 Å². The van der Waals surface area contributed by atoms with E-state index in [4.69, 9.17) is 5.11 Å². The zero-order valence-electron chi connectivity index (χ0n) is 7.03. The van der Waals surface area contributed by atoms with Crippen LogP contribution in [0.3, 0.4) is 0 Å². The number of thioether (sulfide) groups is 1. The van der Waals surface area contributed by atoms with Gasteiger partial charge in [0.25, 0.3) is 0 Å². The molecule has 1 heterocycles. The Morgan fingerprint density at radius 2 is 2.17 bits per heavy atom. The molecule has 1 aromatic rings. The molecule has 0 unspecified atom stereocenters. The van der Waals surface area contributed by atoms with Crippen molar-refractivity contribution in [2.75, 3.05) is 12.4 Å². The average molecular weight is 184 g/mol. The third kappa shape index (κ3) is 2.79. The summed E-state index contributed by atoms with van der Waals surface area (Å²) in [5.74, 6) is 0.899. The van der Waals surface area contributed by atoms with Gasteiger partial charge in [0.15, 0.2) is 0 Å². The van der Waals surface area contributed by atoms with Gasteiger partial charge in [-0.25, -0.2) is 4.98 Å². The van der Waals surface area contributed by atoms with Gasteiger partial charge in [0.1, 0.15) is 5.03 Å². The SMILES string of the molecule is Cc1nccnc1SCCCO. The minimum absolute atomic E-state index is 0.242. The van der Waals surface area contributed by atoms with Crippen molar-refractivity contribution in [1.82, 2.24) is 9.97 Å². The molecule has 66 valence electrons. The Morgan fingerprint density at radius 3 is 2.83 bits per heavy atom. The lowest BCUT2D eigenvalue weighted by molar-refractivity contribution is 0.296. The molecule has 3 nitrogen and oxygen atoms in total. The molecule has 0 amide bonds. The Balaban J connectivity index is 2.46. The standard InChI is InChI=1S/C8H12N2OS/c1-7-8(10-4-3-9-7)12-6-2-5-11/h3-4,11H,2,5-6H2,1H3. The van der Waals surface area contributed by atoms with Gasteiger partial charge in [-0.3, -0.25) is 4.98 Å². The van der Waals surface area contributed by atoms with Crippen LogP contribution in [-0.4, -0.2) is 27.4 Å². The number of nitrogens with zero attached hydrogens (tertiary/aromatic N) is 2. The van der Waals surface area contributed by atoms with Crippen molar-refractivity contribution in [3.8, 4) is 0 Å². The van der Waals surface area contributed by atoms with Crippen molar-refractivity contribution >= 4 is 11.8 Å². The van der Waals surface area contributed by atoms with Gasteiger partial charge < -0.3 is 5.11 Å². The van der Waals surface area contributed by atoms with Gasteiger partial charge >= 0.3 is 0 Å². The molecule has 1 aromatic heterocycles. The fourth-order valence-corrected chi connectivity index (χ4v) is 1.63. The maximum Gasteiger partial charge on any atom is 0.117 e. The normalized spacial score (nSPS) is 10.2. The fraction of sp³-hybridized carbons (Fsp3) is 0.500. The lowest BCUT2D eigenvalue weighted by atomic mass is 10.5. The summed E-state index contributed by atoms with van der Waals surface area (Å²) in [5, 5.41) is 9.53. The minimum Gasteiger partial charge on any atom is -0.396 e. The monoisotopic (exact) mass is 184 g/mol. The molecule has 0 aliphatic carbocycles. The van der Waals surface area contributed by atoms with E-state index in [1.807, 2.05) is 6.92 Å². The Labute approximate surface area is 76.2 Å². The predicted molar refractivity (Wildman–Crippen MR) is 49.2 cm³/mol. The Hall–Kier alpha value is -0.610. The maximum atomic E-state index is 8.56. The van der Waals surface area contributed by atoms with E-state index in [0.717, 1.165) is 22.9 Å². The van der Waals surface area contributed by atoms with Gasteiger partial charge in [-0.05, 0) is 13.3 Å². The van der Waals surface area contributed by atoms with Gasteiger partial charge in [-0.2, -0.15) is 0 Å². The van der Waals surface area contributed by atoms with Gasteiger partial charge in [-0.1, -0.05) is 0 Å². The molecular formula is C8H12N2OS. The highest BCUT2D eigenvalue weighted by molar-refractivity contribution is 7.99. The fourth-order valence-electron chi connectivity index (χ4n) is 0.770. The van der Waals surface area contributed by atoms with Crippen molar-refractivity contribution in [2.45, 2.75) is 18.4 Å². The first-order chi connectivity index (χ1) is 5.84. The van der Waals surface area contributed by atoms with E-state index in [9.17, 15) is 0 Å². The molecule has 1 N–H and O–H groups in total. The van der Waals surface area contributed by atoms with Crippen LogP contribution in [0.15, 0.2) is 17.4 Å². The van der Waals surface area contributed by atoms with Gasteiger partial charge in [0.05, 0.1) is 5.69 Å². The van der Waals surface area contributed by atoms with Gasteiger partial charge in [-0.15, -0.1) is 11.8 Å². The summed E-state index contributed by atoms with van der Waals surface area (Å²) in [6.45, 7) is 2.18. The van der Waals surface area contributed by atoms with E-state index in [1.54, 1.807) is 24.2 Å². The Morgan fingerprint density at radius 1 is 1.42 bits per heavy atom. The van der Waals surface area contributed by atoms with E-state index < -0.39 is 0 Å². The molecule has 0 bridgehead atoms. The quantitative estimate of drug-likeness (QED) is 0.565. The molecule has 4 heteroatoms. The lowest BCUT2D eigenvalue weighted by Crippen LogP contribution is -1.91. The molecule has 0 aliphatic rings. The van der Waals surface area contributed by atoms with Crippen molar-refractivity contribution in [2.24, 2.45) is 0 Å². The van der Waals surface area contributed by atoms with Crippen LogP contribution in [0.2, 0.25) is 0 Å². The van der Waals surface area contributed by atoms with E-state index in [-0.39, 0.29) is 6.61 Å². The smallest absolute Gasteiger partial charge is 0.117 e. The molecule has 0 radical (unpaired) electrons. The second kappa shape index (κ2) is 5.11. The van der Waals surface area contributed by atoms with Crippen LogP contribution in [0.5, 0.6) is 0 Å². The summed E-state index contributed by atoms with van der Waals surface area (Å²) in [6, 6.07) is 0. The number of rotatable bonds is 4. The van der Waals surface area contributed by atoms with Crippen LogP contribution >= 0.6 is 11.8 Å². The Bertz CT molecular complexity index is 242. The summed E-state index contributed by atoms with van der Waals surface area (Å²) in [6.07, 6.45) is 4.18. The first kappa shape index (κ1) is 9.48. The van der Waals surface area contributed by atoms with Crippen LogP contribution in [0.25, 0.3) is 0 Å². The molecule has 0 atom stereocenters. The predicted octanol–water partition coefficient (Wildman–Crippen LogP) is 1.26. The molecule has 0 fully saturated rings. The highest BCUT2D eigenvalue weighted by atomic mass is 32.2. The third-order valence-electron chi connectivity index (χ3n) is 1.38. The summed E-state index contributed by atoms with van der Waals surface area (Å²) < 4.78 is 0. The first-order valence-electron chi connectivity index (χ1n) is 3.86. The second-order valence-electron chi connectivity index (χ2n) is 2.37. The first-order valence-corrected chi connectivity index (χ1v) is 4.84. The molecule has 0 spiro atoms. The molecular weight excluding hydrogens is 172 g/mol. The number of aliphatic hydroxyl groups excluding tert-OH is 1. The average Bonchev–Trinajstić information content (AvgIpc) is 2.09. The zero-order valence-corrected chi connectivity index (χ0v) is 7.84. The second-order valence-corrected chi connectivity index (χ2v) is 3.46. The highest BCUT2D eigenvalue weighted by Crippen LogP contribution is 2.17. The number of aryl methyl sites for hydroxylation is 1. The number of hydrogen-bond acceptors (Lipinski definition) is 4. The summed E-state index contributed by atoms with van der Waals surface area (Å²) in [4.78, 5) is 8.28. The van der Waals surface area contributed by atoms with E-state index >= 15 is 0 Å². The number of hydrogen-bond donors (Lipinski definition) is 1. The molecule has 12 heavy (non-hydrogen) atoms. The van der Waals surface area contributed by atoms with Crippen LogP contribution < -0.4 is 0 Å². The van der Waals surface area contributed by atoms with Crippen molar-refractivity contribution in [3.63, 3.8) is 0 Å². The topological polar surface area (TPSA) is 46.0 Å². The molecule has 0 saturated heterocycles. The number of aromatic nitrogens is 2. The van der Waals surface area contributed by atoms with Gasteiger partial charge in [0.2, 0.25) is 0 Å². The minimum atomic E-state index is 0.242. The van der Waals surface area contributed by atoms with Crippen LogP contribution in [-0.2, 0) is 0 Å². The summed E-state index contributed by atoms with van der Waals surface area (Å²) >= 11 is 1.64. The molecule has 0 saturated carbocycles. The summed E-state index contributed by atoms with van der Waals surface area (Å²) in [7, 11) is 0. The third-order valence-corrected chi connectivity index (χ3v) is 2.54. The Kier molecular flexibility index (Phi) is 4.04. The maximum absolute atomic E-state index is 8.56. The number of aliphatic hydroxyl groups is 1. The van der Waals surface area contributed by atoms with E-state index in [1.165, 1.54) is 0 Å². The van der Waals surface area contributed by atoms with Crippen molar-refractivity contribution in [3.05, 3.63) is 18.1 Å². The largest absolute Gasteiger partial charge is 0.396 e. The molecule has 0 aliphatic heterocycles. The lowest BCUT2D eigenvalue weighted by Gasteiger charge is -2.00. The van der Waals surface area contributed by atoms with E-state index in [0.29, 0.717) is 0 Å². The van der Waals surface area contributed by atoms with Crippen molar-refractivity contribution < 1.29 is 5.11 Å². The van der Waals surface area contributed by atoms with Crippen LogP contribution in [0.1, 0.15) is 12.1 Å². The van der Waals surface area contributed by atoms with Crippen molar-refractivity contribution in [1.29, 1.82) is 0 Å². The molecule has 0 aromatic carbocycles. The summed E-state index contributed by atoms with van der Waals surface area (Å²) in [5.41, 5.74) is 0.959. The zero-order chi connectivity index (χ0) is 8.81. The van der Waals surface area contributed by atoms with E-state index in [2.05, 4.69) is 9.97 Å². The van der Waals surface area contributed by atoms with Crippen LogP contribution in [0.4, 0.5) is 0 Å².